The number of carbonyl (C=O) groups excluding carboxylic acids is 1. The highest BCUT2D eigenvalue weighted by Crippen LogP contribution is 2.32. The van der Waals surface area contributed by atoms with Gasteiger partial charge < -0.3 is 0 Å². The monoisotopic (exact) mass is 255 g/mol. The van der Waals surface area contributed by atoms with Gasteiger partial charge in [-0.3, -0.25) is 4.79 Å². The van der Waals surface area contributed by atoms with Gasteiger partial charge in [0.25, 0.3) is 0 Å². The summed E-state index contributed by atoms with van der Waals surface area (Å²) < 4.78 is 2.33. The first-order valence-electron chi connectivity index (χ1n) is 5.90. The average molecular weight is 255 g/mol. The second-order valence-corrected chi connectivity index (χ2v) is 5.52. The highest BCUT2D eigenvalue weighted by Gasteiger charge is 2.18. The van der Waals surface area contributed by atoms with Gasteiger partial charge in [0.05, 0.1) is 0 Å². The molecule has 2 aromatic carbocycles. The molecule has 1 heterocycles. The minimum atomic E-state index is 0.726. The lowest BCUT2D eigenvalue weighted by atomic mass is 10.1. The Hall–Kier alpha value is -1.58. The molecule has 0 fully saturated rings. The Morgan fingerprint density at radius 3 is 2.11 bits per heavy atom. The lowest BCUT2D eigenvalue weighted by Gasteiger charge is -2.13. The van der Waals surface area contributed by atoms with E-state index in [9.17, 15) is 4.79 Å². The molecule has 0 unspecified atom stereocenters. The van der Waals surface area contributed by atoms with E-state index >= 15 is 0 Å². The summed E-state index contributed by atoms with van der Waals surface area (Å²) in [6.07, 6.45) is 0.875. The number of carbonyl (C=O) groups is 1. The van der Waals surface area contributed by atoms with Crippen LogP contribution in [-0.4, -0.2) is 10.6 Å². The molecular weight excluding hydrogens is 242 g/mol. The number of rotatable bonds is 3. The van der Waals surface area contributed by atoms with Crippen molar-refractivity contribution in [2.24, 2.45) is 0 Å². The van der Waals surface area contributed by atoms with E-state index in [1.54, 1.807) is 11.9 Å². The summed E-state index contributed by atoms with van der Waals surface area (Å²) in [5.41, 5.74) is 3.55. The number of hydrogen-bond acceptors (Lipinski definition) is 3. The van der Waals surface area contributed by atoms with E-state index in [1.165, 1.54) is 16.0 Å². The number of hydrogen-bond donors (Lipinski definition) is 0. The van der Waals surface area contributed by atoms with E-state index in [0.717, 1.165) is 24.9 Å². The maximum Gasteiger partial charge on any atom is 0.150 e. The fourth-order valence-corrected chi connectivity index (χ4v) is 3.09. The molecule has 0 radical (unpaired) electrons. The first-order chi connectivity index (χ1) is 8.85. The third kappa shape index (κ3) is 2.33. The molecule has 18 heavy (non-hydrogen) atoms. The Labute approximate surface area is 111 Å². The van der Waals surface area contributed by atoms with Crippen LogP contribution in [0, 0.1) is 0 Å². The van der Waals surface area contributed by atoms with E-state index in [2.05, 4.69) is 28.6 Å². The zero-order valence-electron chi connectivity index (χ0n) is 9.87. The summed E-state index contributed by atoms with van der Waals surface area (Å²) in [6.45, 7) is 1.96. The molecule has 0 bridgehead atoms. The van der Waals surface area contributed by atoms with Gasteiger partial charge >= 0.3 is 0 Å². The molecule has 2 nitrogen and oxygen atoms in total. The van der Waals surface area contributed by atoms with Crippen LogP contribution in [0.1, 0.15) is 21.5 Å². The Morgan fingerprint density at radius 1 is 0.944 bits per heavy atom. The van der Waals surface area contributed by atoms with E-state index in [0.29, 0.717) is 0 Å². The maximum absolute atomic E-state index is 10.6. The highest BCUT2D eigenvalue weighted by molar-refractivity contribution is 7.97. The number of benzene rings is 2. The fraction of sp³-hybridized carbons (Fsp3) is 0.133. The lowest BCUT2D eigenvalue weighted by Crippen LogP contribution is -2.05. The van der Waals surface area contributed by atoms with Gasteiger partial charge in [0, 0.05) is 23.5 Å². The Morgan fingerprint density at radius 2 is 1.56 bits per heavy atom. The molecule has 0 N–H and O–H groups in total. The SMILES string of the molecule is O=Cc1ccc(SN2Cc3ccccc3C2)cc1. The molecule has 1 aliphatic heterocycles. The molecule has 1 aliphatic rings. The second kappa shape index (κ2) is 4.96. The zero-order valence-corrected chi connectivity index (χ0v) is 10.7. The van der Waals surface area contributed by atoms with Gasteiger partial charge in [-0.25, -0.2) is 4.31 Å². The molecule has 0 saturated carbocycles. The molecule has 0 spiro atoms. The van der Waals surface area contributed by atoms with Gasteiger partial charge in [-0.1, -0.05) is 36.4 Å². The fourth-order valence-electron chi connectivity index (χ4n) is 2.12. The maximum atomic E-state index is 10.6. The van der Waals surface area contributed by atoms with Crippen LogP contribution in [0.3, 0.4) is 0 Å². The first-order valence-corrected chi connectivity index (χ1v) is 6.67. The topological polar surface area (TPSA) is 20.3 Å². The molecular formula is C15H13NOS. The van der Waals surface area contributed by atoms with E-state index in [4.69, 9.17) is 0 Å². The van der Waals surface area contributed by atoms with Crippen molar-refractivity contribution in [1.29, 1.82) is 0 Å². The molecule has 0 aromatic heterocycles. The van der Waals surface area contributed by atoms with E-state index in [1.807, 2.05) is 24.3 Å². The molecule has 3 rings (SSSR count). The third-order valence-corrected chi connectivity index (χ3v) is 4.06. The highest BCUT2D eigenvalue weighted by atomic mass is 32.2. The summed E-state index contributed by atoms with van der Waals surface area (Å²) in [5.74, 6) is 0. The molecule has 0 saturated heterocycles. The van der Waals surface area contributed by atoms with Crippen molar-refractivity contribution in [2.45, 2.75) is 18.0 Å². The van der Waals surface area contributed by atoms with Crippen LogP contribution in [0.4, 0.5) is 0 Å². The molecule has 0 aliphatic carbocycles. The van der Waals surface area contributed by atoms with Crippen LogP contribution in [0.15, 0.2) is 53.4 Å². The van der Waals surface area contributed by atoms with Gasteiger partial charge in [-0.15, -0.1) is 0 Å². The average Bonchev–Trinajstić information content (AvgIpc) is 2.82. The van der Waals surface area contributed by atoms with Crippen molar-refractivity contribution in [3.8, 4) is 0 Å². The van der Waals surface area contributed by atoms with Crippen LogP contribution in [0.2, 0.25) is 0 Å². The van der Waals surface area contributed by atoms with Crippen LogP contribution >= 0.6 is 11.9 Å². The van der Waals surface area contributed by atoms with Gasteiger partial charge in [0.2, 0.25) is 0 Å². The second-order valence-electron chi connectivity index (χ2n) is 4.34. The summed E-state index contributed by atoms with van der Waals surface area (Å²) in [6, 6.07) is 16.3. The third-order valence-electron chi connectivity index (χ3n) is 3.06. The van der Waals surface area contributed by atoms with Gasteiger partial charge in [-0.2, -0.15) is 0 Å². The summed E-state index contributed by atoms with van der Waals surface area (Å²) in [4.78, 5) is 11.8. The number of fused-ring (bicyclic) bond motifs is 1. The number of aldehydes is 1. The summed E-state index contributed by atoms with van der Waals surface area (Å²) in [5, 5.41) is 0. The predicted octanol–water partition coefficient (Wildman–Crippen LogP) is 3.52. The zero-order chi connectivity index (χ0) is 12.4. The summed E-state index contributed by atoms with van der Waals surface area (Å²) in [7, 11) is 0. The van der Waals surface area contributed by atoms with E-state index in [-0.39, 0.29) is 0 Å². The molecule has 2 aromatic rings. The Balaban J connectivity index is 1.70. The normalized spacial score (nSPS) is 14.4. The lowest BCUT2D eigenvalue weighted by molar-refractivity contribution is 0.112. The predicted molar refractivity (Wildman–Crippen MR) is 73.4 cm³/mol. The number of nitrogens with zero attached hydrogens (tertiary/aromatic N) is 1. The summed E-state index contributed by atoms with van der Waals surface area (Å²) >= 11 is 1.74. The first kappa shape index (κ1) is 11.5. The van der Waals surface area contributed by atoms with Crippen molar-refractivity contribution in [3.63, 3.8) is 0 Å². The Bertz CT molecular complexity index is 540. The van der Waals surface area contributed by atoms with Crippen molar-refractivity contribution in [1.82, 2.24) is 4.31 Å². The van der Waals surface area contributed by atoms with Crippen molar-refractivity contribution < 1.29 is 4.79 Å². The minimum absolute atomic E-state index is 0.726. The van der Waals surface area contributed by atoms with Gasteiger partial charge in [0.15, 0.2) is 0 Å². The molecule has 0 amide bonds. The Kier molecular flexibility index (Phi) is 3.17. The van der Waals surface area contributed by atoms with Crippen molar-refractivity contribution in [2.75, 3.05) is 0 Å². The molecule has 90 valence electrons. The minimum Gasteiger partial charge on any atom is -0.298 e. The van der Waals surface area contributed by atoms with Crippen molar-refractivity contribution >= 4 is 18.2 Å². The smallest absolute Gasteiger partial charge is 0.150 e. The molecule has 0 atom stereocenters. The largest absolute Gasteiger partial charge is 0.298 e. The van der Waals surface area contributed by atoms with Crippen LogP contribution in [-0.2, 0) is 13.1 Å². The molecule has 3 heteroatoms. The van der Waals surface area contributed by atoms with Gasteiger partial charge in [0.1, 0.15) is 6.29 Å². The van der Waals surface area contributed by atoms with E-state index < -0.39 is 0 Å². The quantitative estimate of drug-likeness (QED) is 0.618. The van der Waals surface area contributed by atoms with Crippen LogP contribution < -0.4 is 0 Å². The van der Waals surface area contributed by atoms with Crippen LogP contribution in [0.25, 0.3) is 0 Å². The van der Waals surface area contributed by atoms with Gasteiger partial charge in [-0.05, 0) is 35.2 Å². The standard InChI is InChI=1S/C15H13NOS/c17-11-12-5-7-15(8-6-12)18-16-9-13-3-1-2-4-14(13)10-16/h1-8,11H,9-10H2. The van der Waals surface area contributed by atoms with Crippen LogP contribution in [0.5, 0.6) is 0 Å². The van der Waals surface area contributed by atoms with Crippen molar-refractivity contribution in [3.05, 3.63) is 65.2 Å².